The van der Waals surface area contributed by atoms with Gasteiger partial charge in [-0.3, -0.25) is 24.5 Å². The number of benzene rings is 1. The topological polar surface area (TPSA) is 136 Å². The lowest BCUT2D eigenvalue weighted by Gasteiger charge is -2.41. The fraction of sp³-hybridized carbons (Fsp3) is 0.409. The first kappa shape index (κ1) is 23.9. The molecule has 0 N–H and O–H groups in total. The summed E-state index contributed by atoms with van der Waals surface area (Å²) >= 11 is 0. The minimum Gasteiger partial charge on any atom is -0.456 e. The zero-order valence-electron chi connectivity index (χ0n) is 18.5. The smallest absolute Gasteiger partial charge is 0.303 e. The molecule has 0 saturated carbocycles. The van der Waals surface area contributed by atoms with Crippen LogP contribution in [0.1, 0.15) is 39.5 Å². The summed E-state index contributed by atoms with van der Waals surface area (Å²) in [6.45, 7) is 4.83. The molecule has 33 heavy (non-hydrogen) atoms. The first-order valence-electron chi connectivity index (χ1n) is 10.1. The molecule has 0 radical (unpaired) electrons. The second-order valence-corrected chi connectivity index (χ2v) is 7.57. The molecule has 0 bridgehead atoms. The Balaban J connectivity index is 2.12. The number of para-hydroxylation sites is 1. The van der Waals surface area contributed by atoms with Crippen LogP contribution in [-0.4, -0.2) is 52.3 Å². The quantitative estimate of drug-likeness (QED) is 0.276. The second-order valence-electron chi connectivity index (χ2n) is 7.57. The summed E-state index contributed by atoms with van der Waals surface area (Å²) in [5, 5.41) is 11.9. The standard InChI is InChI=1S/C22H24N2O9/c1-12(24(28)29)9-16-10-23(18-8-6-5-7-17(16)18)22-21(33-15(4)27)20(32-14(3)26)19(11-30-22)31-13(2)25/h5-10,19-22H,11H2,1-4H3/t19-,20-,21+,22+/m0/s1. The lowest BCUT2D eigenvalue weighted by molar-refractivity contribution is -0.422. The monoisotopic (exact) mass is 460 g/mol. The van der Waals surface area contributed by atoms with Gasteiger partial charge >= 0.3 is 17.9 Å². The number of ether oxygens (including phenoxy) is 4. The van der Waals surface area contributed by atoms with Crippen molar-refractivity contribution in [2.75, 3.05) is 6.61 Å². The van der Waals surface area contributed by atoms with Gasteiger partial charge in [-0.1, -0.05) is 18.2 Å². The van der Waals surface area contributed by atoms with Crippen LogP contribution in [0.4, 0.5) is 0 Å². The number of hydrogen-bond acceptors (Lipinski definition) is 9. The Morgan fingerprint density at radius 3 is 2.24 bits per heavy atom. The minimum absolute atomic E-state index is 0.0632. The van der Waals surface area contributed by atoms with Gasteiger partial charge in [-0.15, -0.1) is 0 Å². The van der Waals surface area contributed by atoms with E-state index >= 15 is 0 Å². The number of carbonyl (C=O) groups is 3. The van der Waals surface area contributed by atoms with Crippen LogP contribution in [0.3, 0.4) is 0 Å². The van der Waals surface area contributed by atoms with E-state index in [-0.39, 0.29) is 12.3 Å². The SMILES string of the molecule is CC(=O)O[C@@H]1[C@@H](OC(C)=O)[C@H](n2cc(C=C(C)[N+](=O)[O-])c3ccccc32)OC[C@@H]1OC(C)=O. The Hall–Kier alpha value is -3.73. The molecule has 1 aliphatic heterocycles. The highest BCUT2D eigenvalue weighted by Gasteiger charge is 2.48. The summed E-state index contributed by atoms with van der Waals surface area (Å²) < 4.78 is 23.7. The molecule has 2 heterocycles. The third-order valence-corrected chi connectivity index (χ3v) is 5.02. The van der Waals surface area contributed by atoms with E-state index in [0.29, 0.717) is 16.5 Å². The molecule has 0 amide bonds. The van der Waals surface area contributed by atoms with Gasteiger partial charge in [0.1, 0.15) is 0 Å². The maximum Gasteiger partial charge on any atom is 0.303 e. The number of fused-ring (bicyclic) bond motifs is 1. The molecule has 176 valence electrons. The van der Waals surface area contributed by atoms with Crippen LogP contribution in [-0.2, 0) is 33.3 Å². The average molecular weight is 460 g/mol. The zero-order chi connectivity index (χ0) is 24.3. The van der Waals surface area contributed by atoms with E-state index in [1.807, 2.05) is 0 Å². The predicted octanol–water partition coefficient (Wildman–Crippen LogP) is 2.60. The van der Waals surface area contributed by atoms with Crippen molar-refractivity contribution in [2.45, 2.75) is 52.2 Å². The normalized spacial score (nSPS) is 23.1. The van der Waals surface area contributed by atoms with Gasteiger partial charge in [0.2, 0.25) is 5.70 Å². The third-order valence-electron chi connectivity index (χ3n) is 5.02. The predicted molar refractivity (Wildman–Crippen MR) is 114 cm³/mol. The van der Waals surface area contributed by atoms with Gasteiger partial charge in [-0.2, -0.15) is 0 Å². The minimum atomic E-state index is -1.16. The van der Waals surface area contributed by atoms with E-state index in [1.165, 1.54) is 33.8 Å². The van der Waals surface area contributed by atoms with Crippen molar-refractivity contribution < 1.29 is 38.3 Å². The van der Waals surface area contributed by atoms with Crippen LogP contribution in [0.2, 0.25) is 0 Å². The van der Waals surface area contributed by atoms with Gasteiger partial charge in [0, 0.05) is 50.9 Å². The molecule has 0 spiro atoms. The van der Waals surface area contributed by atoms with Crippen LogP contribution in [0.5, 0.6) is 0 Å². The van der Waals surface area contributed by atoms with Crippen LogP contribution >= 0.6 is 0 Å². The van der Waals surface area contributed by atoms with Gasteiger partial charge in [0.05, 0.1) is 17.0 Å². The summed E-state index contributed by atoms with van der Waals surface area (Å²) in [6.07, 6.45) is -1.19. The molecule has 1 aromatic heterocycles. The second kappa shape index (κ2) is 9.82. The van der Waals surface area contributed by atoms with Gasteiger partial charge in [0.15, 0.2) is 24.5 Å². The number of hydrogen-bond donors (Lipinski definition) is 0. The molecule has 11 heteroatoms. The molecule has 0 unspecified atom stereocenters. The molecular weight excluding hydrogens is 436 g/mol. The molecule has 1 saturated heterocycles. The maximum absolute atomic E-state index is 11.9. The fourth-order valence-corrected chi connectivity index (χ4v) is 3.80. The number of nitro groups is 1. The molecule has 1 aliphatic rings. The van der Waals surface area contributed by atoms with Crippen molar-refractivity contribution in [1.29, 1.82) is 0 Å². The molecule has 4 atom stereocenters. The molecule has 2 aromatic rings. The van der Waals surface area contributed by atoms with E-state index < -0.39 is 47.4 Å². The highest BCUT2D eigenvalue weighted by Crippen LogP contribution is 2.35. The van der Waals surface area contributed by atoms with Gasteiger partial charge < -0.3 is 23.5 Å². The summed E-state index contributed by atoms with van der Waals surface area (Å²) in [6, 6.07) is 7.14. The number of allylic oxidation sites excluding steroid dienone is 1. The Morgan fingerprint density at radius 2 is 1.64 bits per heavy atom. The number of rotatable bonds is 6. The third kappa shape index (κ3) is 5.37. The van der Waals surface area contributed by atoms with Crippen molar-refractivity contribution in [1.82, 2.24) is 4.57 Å². The van der Waals surface area contributed by atoms with Crippen molar-refractivity contribution >= 4 is 34.9 Å². The molecular formula is C22H24N2O9. The Morgan fingerprint density at radius 1 is 1.03 bits per heavy atom. The summed E-state index contributed by atoms with van der Waals surface area (Å²) in [7, 11) is 0. The van der Waals surface area contributed by atoms with Crippen molar-refractivity contribution in [3.05, 3.63) is 51.8 Å². The van der Waals surface area contributed by atoms with E-state index in [1.54, 1.807) is 35.0 Å². The molecule has 0 aliphatic carbocycles. The first-order chi connectivity index (χ1) is 15.6. The van der Waals surface area contributed by atoms with E-state index in [0.717, 1.165) is 0 Å². The maximum atomic E-state index is 11.9. The molecule has 1 aromatic carbocycles. The largest absolute Gasteiger partial charge is 0.456 e. The number of carbonyl (C=O) groups excluding carboxylic acids is 3. The van der Waals surface area contributed by atoms with Crippen LogP contribution in [0, 0.1) is 10.1 Å². The van der Waals surface area contributed by atoms with Crippen molar-refractivity contribution in [3.8, 4) is 0 Å². The average Bonchev–Trinajstić information content (AvgIpc) is 3.08. The molecule has 1 fully saturated rings. The molecule has 3 rings (SSSR count). The Kier molecular flexibility index (Phi) is 7.12. The van der Waals surface area contributed by atoms with E-state index in [2.05, 4.69) is 0 Å². The highest BCUT2D eigenvalue weighted by atomic mass is 16.6. The number of nitrogens with zero attached hydrogens (tertiary/aromatic N) is 2. The van der Waals surface area contributed by atoms with Crippen LogP contribution in [0.25, 0.3) is 17.0 Å². The summed E-state index contributed by atoms with van der Waals surface area (Å²) in [5.41, 5.74) is 1.14. The van der Waals surface area contributed by atoms with Crippen molar-refractivity contribution in [3.63, 3.8) is 0 Å². The Bertz CT molecular complexity index is 1120. The van der Waals surface area contributed by atoms with Crippen molar-refractivity contribution in [2.24, 2.45) is 0 Å². The highest BCUT2D eigenvalue weighted by molar-refractivity contribution is 5.89. The Labute approximate surface area is 189 Å². The van der Waals surface area contributed by atoms with E-state index in [9.17, 15) is 24.5 Å². The van der Waals surface area contributed by atoms with Gasteiger partial charge in [-0.05, 0) is 6.07 Å². The van der Waals surface area contributed by atoms with Gasteiger partial charge in [0.25, 0.3) is 0 Å². The van der Waals surface area contributed by atoms with Gasteiger partial charge in [-0.25, -0.2) is 0 Å². The summed E-state index contributed by atoms with van der Waals surface area (Å²) in [4.78, 5) is 45.9. The zero-order valence-corrected chi connectivity index (χ0v) is 18.5. The molecule has 11 nitrogen and oxygen atoms in total. The number of esters is 3. The van der Waals surface area contributed by atoms with Crippen LogP contribution < -0.4 is 0 Å². The lowest BCUT2D eigenvalue weighted by atomic mass is 10.0. The van der Waals surface area contributed by atoms with Crippen LogP contribution in [0.15, 0.2) is 36.2 Å². The van der Waals surface area contributed by atoms with E-state index in [4.69, 9.17) is 18.9 Å². The number of aromatic nitrogens is 1. The first-order valence-corrected chi connectivity index (χ1v) is 10.1. The summed E-state index contributed by atoms with van der Waals surface area (Å²) in [5.74, 6) is -1.93. The lowest BCUT2D eigenvalue weighted by Crippen LogP contribution is -2.55. The fourth-order valence-electron chi connectivity index (χ4n) is 3.80.